The highest BCUT2D eigenvalue weighted by atomic mass is 28.4. The molecule has 1 fully saturated rings. The molecule has 17 heavy (non-hydrogen) atoms. The van der Waals surface area contributed by atoms with Crippen LogP contribution in [-0.4, -0.2) is 41.3 Å². The predicted molar refractivity (Wildman–Crippen MR) is 69.0 cm³/mol. The summed E-state index contributed by atoms with van der Waals surface area (Å²) in [6, 6.07) is 0.856. The zero-order valence-corrected chi connectivity index (χ0v) is 12.4. The lowest BCUT2D eigenvalue weighted by Crippen LogP contribution is -2.46. The molecule has 0 bridgehead atoms. The van der Waals surface area contributed by atoms with Gasteiger partial charge in [0.25, 0.3) is 0 Å². The van der Waals surface area contributed by atoms with Crippen molar-refractivity contribution < 1.29 is 18.0 Å². The molecule has 0 spiro atoms. The summed E-state index contributed by atoms with van der Waals surface area (Å²) in [5.74, 6) is 0. The fraction of sp³-hybridized carbons (Fsp3) is 1.00. The van der Waals surface area contributed by atoms with Crippen LogP contribution in [0, 0.1) is 0 Å². The van der Waals surface area contributed by atoms with E-state index in [1.807, 2.05) is 20.8 Å². The molecule has 1 saturated carbocycles. The van der Waals surface area contributed by atoms with Gasteiger partial charge in [-0.1, -0.05) is 0 Å². The van der Waals surface area contributed by atoms with Gasteiger partial charge in [-0.15, -0.1) is 0 Å². The van der Waals surface area contributed by atoms with E-state index in [4.69, 9.17) is 18.0 Å². The molecule has 0 N–H and O–H groups in total. The Labute approximate surface area is 106 Å². The van der Waals surface area contributed by atoms with Gasteiger partial charge in [-0.3, -0.25) is 0 Å². The molecule has 1 aliphatic rings. The summed E-state index contributed by atoms with van der Waals surface area (Å²) in [5.41, 5.74) is 0. The van der Waals surface area contributed by atoms with E-state index in [9.17, 15) is 0 Å². The minimum Gasteiger partial charge on any atom is -0.378 e. The van der Waals surface area contributed by atoms with Gasteiger partial charge in [0.05, 0.1) is 6.10 Å². The summed E-state index contributed by atoms with van der Waals surface area (Å²) < 4.78 is 23.0. The topological polar surface area (TPSA) is 36.9 Å². The zero-order valence-electron chi connectivity index (χ0n) is 11.4. The first-order chi connectivity index (χ1) is 8.26. The Balaban J connectivity index is 2.29. The van der Waals surface area contributed by atoms with E-state index in [0.29, 0.717) is 25.9 Å². The van der Waals surface area contributed by atoms with Gasteiger partial charge in [0.2, 0.25) is 0 Å². The van der Waals surface area contributed by atoms with E-state index >= 15 is 0 Å². The molecule has 0 aromatic carbocycles. The van der Waals surface area contributed by atoms with Gasteiger partial charge in [0, 0.05) is 32.5 Å². The molecule has 0 aromatic rings. The molecule has 0 saturated heterocycles. The van der Waals surface area contributed by atoms with Gasteiger partial charge < -0.3 is 18.0 Å². The molecular formula is C12H26O4Si. The van der Waals surface area contributed by atoms with Crippen LogP contribution >= 0.6 is 0 Å². The highest BCUT2D eigenvalue weighted by Crippen LogP contribution is 2.24. The molecule has 0 amide bonds. The second-order valence-corrected chi connectivity index (χ2v) is 6.89. The molecule has 0 unspecified atom stereocenters. The van der Waals surface area contributed by atoms with Gasteiger partial charge in [0.15, 0.2) is 0 Å². The van der Waals surface area contributed by atoms with Crippen LogP contribution in [0.15, 0.2) is 0 Å². The third-order valence-corrected chi connectivity index (χ3v) is 5.75. The monoisotopic (exact) mass is 262 g/mol. The van der Waals surface area contributed by atoms with Crippen molar-refractivity contribution in [3.8, 4) is 0 Å². The summed E-state index contributed by atoms with van der Waals surface area (Å²) >= 11 is 0. The largest absolute Gasteiger partial charge is 0.501 e. The van der Waals surface area contributed by atoms with Crippen molar-refractivity contribution in [2.75, 3.05) is 26.4 Å². The zero-order chi connectivity index (χ0) is 12.6. The Morgan fingerprint density at radius 1 is 0.941 bits per heavy atom. The van der Waals surface area contributed by atoms with Crippen LogP contribution in [0.5, 0.6) is 0 Å². The van der Waals surface area contributed by atoms with Crippen molar-refractivity contribution in [1.82, 2.24) is 0 Å². The Morgan fingerprint density at radius 3 is 1.88 bits per heavy atom. The van der Waals surface area contributed by atoms with E-state index < -0.39 is 8.80 Å². The summed E-state index contributed by atoms with van der Waals surface area (Å²) in [5, 5.41) is 0. The third-order valence-electron chi connectivity index (χ3n) is 2.60. The van der Waals surface area contributed by atoms with E-state index in [2.05, 4.69) is 0 Å². The second kappa shape index (κ2) is 8.21. The third kappa shape index (κ3) is 5.97. The number of hydrogen-bond donors (Lipinski definition) is 0. The summed E-state index contributed by atoms with van der Waals surface area (Å²) in [6.07, 6.45) is 3.94. The highest BCUT2D eigenvalue weighted by molar-refractivity contribution is 6.60. The van der Waals surface area contributed by atoms with Gasteiger partial charge in [-0.2, -0.15) is 0 Å². The molecule has 0 radical (unpaired) electrons. The van der Waals surface area contributed by atoms with Crippen LogP contribution in [0.2, 0.25) is 6.04 Å². The fourth-order valence-electron chi connectivity index (χ4n) is 1.77. The molecule has 1 rings (SSSR count). The summed E-state index contributed by atoms with van der Waals surface area (Å²) in [7, 11) is -2.43. The number of rotatable bonds is 11. The van der Waals surface area contributed by atoms with Crippen LogP contribution in [-0.2, 0) is 18.0 Å². The first kappa shape index (κ1) is 15.1. The molecule has 0 heterocycles. The average molecular weight is 262 g/mol. The van der Waals surface area contributed by atoms with E-state index in [0.717, 1.165) is 19.1 Å². The summed E-state index contributed by atoms with van der Waals surface area (Å²) in [6.45, 7) is 8.70. The normalized spacial score (nSPS) is 16.4. The minimum atomic E-state index is -2.43. The molecule has 4 nitrogen and oxygen atoms in total. The highest BCUT2D eigenvalue weighted by Gasteiger charge is 2.39. The van der Waals surface area contributed by atoms with Gasteiger partial charge in [-0.05, 0) is 40.0 Å². The smallest absolute Gasteiger partial charge is 0.378 e. The lowest BCUT2D eigenvalue weighted by atomic mass is 10.5. The van der Waals surface area contributed by atoms with Crippen LogP contribution in [0.25, 0.3) is 0 Å². The van der Waals surface area contributed by atoms with Crippen LogP contribution in [0.3, 0.4) is 0 Å². The molecule has 0 aliphatic heterocycles. The molecule has 0 aromatic heterocycles. The predicted octanol–water partition coefficient (Wildman–Crippen LogP) is 2.60. The maximum atomic E-state index is 5.77. The van der Waals surface area contributed by atoms with Gasteiger partial charge in [-0.25, -0.2) is 0 Å². The van der Waals surface area contributed by atoms with E-state index in [-0.39, 0.29) is 0 Å². The van der Waals surface area contributed by atoms with E-state index in [1.165, 1.54) is 12.8 Å². The lowest BCUT2D eigenvalue weighted by molar-refractivity contribution is 0.0646. The van der Waals surface area contributed by atoms with Crippen molar-refractivity contribution >= 4 is 8.80 Å². The van der Waals surface area contributed by atoms with Crippen LogP contribution in [0.1, 0.15) is 40.0 Å². The van der Waals surface area contributed by atoms with Crippen LogP contribution in [0.4, 0.5) is 0 Å². The fourth-order valence-corrected chi connectivity index (χ4v) is 4.35. The average Bonchev–Trinajstić information content (AvgIpc) is 3.09. The molecule has 102 valence electrons. The molecular weight excluding hydrogens is 236 g/mol. The van der Waals surface area contributed by atoms with Crippen LogP contribution < -0.4 is 0 Å². The SMILES string of the molecule is CCO[Si](CCCOC1CC1)(OCC)OCC. The lowest BCUT2D eigenvalue weighted by Gasteiger charge is -2.28. The first-order valence-electron chi connectivity index (χ1n) is 6.79. The van der Waals surface area contributed by atoms with E-state index in [1.54, 1.807) is 0 Å². The first-order valence-corrected chi connectivity index (χ1v) is 8.73. The van der Waals surface area contributed by atoms with Crippen molar-refractivity contribution in [2.24, 2.45) is 0 Å². The van der Waals surface area contributed by atoms with Crippen molar-refractivity contribution in [1.29, 1.82) is 0 Å². The Morgan fingerprint density at radius 2 is 1.47 bits per heavy atom. The maximum Gasteiger partial charge on any atom is 0.501 e. The maximum absolute atomic E-state index is 5.77. The Bertz CT molecular complexity index is 180. The number of hydrogen-bond acceptors (Lipinski definition) is 4. The molecule has 5 heteroatoms. The Kier molecular flexibility index (Phi) is 7.30. The minimum absolute atomic E-state index is 0.525. The summed E-state index contributed by atoms with van der Waals surface area (Å²) in [4.78, 5) is 0. The standard InChI is InChI=1S/C12H26O4Si/c1-4-14-17(15-5-2,16-6-3)11-7-10-13-12-8-9-12/h12H,4-11H2,1-3H3. The van der Waals surface area contributed by atoms with Crippen molar-refractivity contribution in [3.05, 3.63) is 0 Å². The quantitative estimate of drug-likeness (QED) is 0.424. The number of ether oxygens (including phenoxy) is 1. The Hall–Kier alpha value is 0.0569. The van der Waals surface area contributed by atoms with Crippen molar-refractivity contribution in [3.63, 3.8) is 0 Å². The molecule has 1 aliphatic carbocycles. The van der Waals surface area contributed by atoms with Gasteiger partial charge >= 0.3 is 8.80 Å². The second-order valence-electron chi connectivity index (χ2n) is 4.16. The van der Waals surface area contributed by atoms with Gasteiger partial charge in [0.1, 0.15) is 0 Å². The van der Waals surface area contributed by atoms with Crippen molar-refractivity contribution in [2.45, 2.75) is 52.2 Å². The molecule has 0 atom stereocenters.